The number of para-hydroxylation sites is 2. The normalized spacial score (nSPS) is 11.5. The van der Waals surface area contributed by atoms with Crippen LogP contribution in [0.5, 0.6) is 0 Å². The Morgan fingerprint density at radius 2 is 1.89 bits per heavy atom. The number of aromatic amines is 1. The molecule has 0 saturated carbocycles. The summed E-state index contributed by atoms with van der Waals surface area (Å²) >= 11 is 0. The molecule has 0 aliphatic carbocycles. The maximum Gasteiger partial charge on any atom is 0.159 e. The van der Waals surface area contributed by atoms with E-state index in [1.807, 2.05) is 24.3 Å². The predicted molar refractivity (Wildman–Crippen MR) is 97.8 cm³/mol. The van der Waals surface area contributed by atoms with Crippen LogP contribution in [-0.4, -0.2) is 24.3 Å². The summed E-state index contributed by atoms with van der Waals surface area (Å²) in [7, 11) is 0. The van der Waals surface area contributed by atoms with Crippen LogP contribution in [0.1, 0.15) is 0 Å². The van der Waals surface area contributed by atoms with E-state index in [-0.39, 0.29) is 16.9 Å². The van der Waals surface area contributed by atoms with Gasteiger partial charge in [-0.1, -0.05) is 12.1 Å². The number of H-pyrrole nitrogens is 1. The fourth-order valence-electron chi connectivity index (χ4n) is 3.08. The number of aromatic nitrogens is 5. The number of anilines is 1. The van der Waals surface area contributed by atoms with E-state index < -0.39 is 11.6 Å². The molecule has 2 aromatic carbocycles. The molecule has 27 heavy (non-hydrogen) atoms. The molecule has 0 amide bonds. The second-order valence-corrected chi connectivity index (χ2v) is 6.09. The summed E-state index contributed by atoms with van der Waals surface area (Å²) in [6.45, 7) is 0. The number of nitrogens with zero attached hydrogens (tertiary/aromatic N) is 4. The van der Waals surface area contributed by atoms with Crippen molar-refractivity contribution in [3.05, 3.63) is 66.8 Å². The summed E-state index contributed by atoms with van der Waals surface area (Å²) in [5.74, 6) is -0.972. The van der Waals surface area contributed by atoms with Gasteiger partial charge in [-0.25, -0.2) is 18.7 Å². The number of benzene rings is 2. The summed E-state index contributed by atoms with van der Waals surface area (Å²) in [5, 5.41) is 0. The summed E-state index contributed by atoms with van der Waals surface area (Å²) in [6.07, 6.45) is 4.56. The zero-order chi connectivity index (χ0) is 18.5. The number of halogens is 2. The van der Waals surface area contributed by atoms with E-state index >= 15 is 0 Å². The van der Waals surface area contributed by atoms with Crippen molar-refractivity contribution in [3.8, 4) is 22.8 Å². The van der Waals surface area contributed by atoms with Crippen LogP contribution in [0.4, 0.5) is 14.5 Å². The topological polar surface area (TPSA) is 84.9 Å². The molecule has 6 nitrogen and oxygen atoms in total. The molecule has 0 unspecified atom stereocenters. The first kappa shape index (κ1) is 15.4. The number of rotatable bonds is 2. The van der Waals surface area contributed by atoms with Crippen LogP contribution in [0.15, 0.2) is 55.1 Å². The minimum absolute atomic E-state index is 0.123. The van der Waals surface area contributed by atoms with Gasteiger partial charge in [-0.05, 0) is 24.3 Å². The summed E-state index contributed by atoms with van der Waals surface area (Å²) in [5.41, 5.74) is 8.24. The van der Waals surface area contributed by atoms with Gasteiger partial charge in [0.05, 0.1) is 39.7 Å². The van der Waals surface area contributed by atoms with Gasteiger partial charge in [-0.15, -0.1) is 0 Å². The molecule has 0 aliphatic heterocycles. The number of nitrogen functional groups attached to an aromatic ring is 1. The van der Waals surface area contributed by atoms with Gasteiger partial charge in [0.2, 0.25) is 0 Å². The summed E-state index contributed by atoms with van der Waals surface area (Å²) in [6, 6.07) is 9.94. The third-order valence-electron chi connectivity index (χ3n) is 4.41. The molecule has 0 atom stereocenters. The van der Waals surface area contributed by atoms with Crippen molar-refractivity contribution in [1.29, 1.82) is 0 Å². The van der Waals surface area contributed by atoms with Crippen molar-refractivity contribution < 1.29 is 8.78 Å². The molecule has 3 aromatic heterocycles. The van der Waals surface area contributed by atoms with Crippen LogP contribution >= 0.6 is 0 Å². The summed E-state index contributed by atoms with van der Waals surface area (Å²) in [4.78, 5) is 16.3. The van der Waals surface area contributed by atoms with Crippen molar-refractivity contribution in [2.75, 3.05) is 5.73 Å². The molecule has 132 valence electrons. The molecular weight excluding hydrogens is 350 g/mol. The minimum Gasteiger partial charge on any atom is -0.396 e. The highest BCUT2D eigenvalue weighted by Crippen LogP contribution is 2.29. The number of fused-ring (bicyclic) bond motifs is 2. The Hall–Kier alpha value is -3.81. The number of imidazole rings is 2. The van der Waals surface area contributed by atoms with Gasteiger partial charge < -0.3 is 15.1 Å². The Bertz CT molecular complexity index is 1290. The second-order valence-electron chi connectivity index (χ2n) is 6.09. The molecule has 0 spiro atoms. The van der Waals surface area contributed by atoms with Crippen molar-refractivity contribution in [3.63, 3.8) is 0 Å². The van der Waals surface area contributed by atoms with Gasteiger partial charge in [-0.2, -0.15) is 0 Å². The van der Waals surface area contributed by atoms with Crippen LogP contribution in [0.25, 0.3) is 39.3 Å². The Morgan fingerprint density at radius 3 is 2.74 bits per heavy atom. The number of hydrogen-bond donors (Lipinski definition) is 2. The van der Waals surface area contributed by atoms with Crippen LogP contribution < -0.4 is 5.73 Å². The molecule has 0 radical (unpaired) electrons. The molecule has 8 heteroatoms. The van der Waals surface area contributed by atoms with E-state index in [2.05, 4.69) is 19.9 Å². The van der Waals surface area contributed by atoms with E-state index in [1.54, 1.807) is 10.7 Å². The van der Waals surface area contributed by atoms with Crippen LogP contribution in [0, 0.1) is 11.6 Å². The first-order valence-corrected chi connectivity index (χ1v) is 8.13. The molecule has 5 aromatic rings. The lowest BCUT2D eigenvalue weighted by Crippen LogP contribution is -1.99. The molecule has 5 rings (SSSR count). The SMILES string of the molecule is Nc1ccc(F)c(-c2cn3cnc(-c4nc5ccccc5[nH]4)c3cn2)c1F. The molecule has 3 N–H and O–H groups in total. The van der Waals surface area contributed by atoms with Gasteiger partial charge in [0, 0.05) is 6.20 Å². The second kappa shape index (κ2) is 5.60. The summed E-state index contributed by atoms with van der Waals surface area (Å²) < 4.78 is 30.1. The molecule has 0 fully saturated rings. The Morgan fingerprint density at radius 1 is 1.04 bits per heavy atom. The van der Waals surface area contributed by atoms with Crippen LogP contribution in [-0.2, 0) is 0 Å². The Labute approximate surface area is 151 Å². The van der Waals surface area contributed by atoms with Gasteiger partial charge >= 0.3 is 0 Å². The Balaban J connectivity index is 1.66. The van der Waals surface area contributed by atoms with Crippen molar-refractivity contribution in [2.45, 2.75) is 0 Å². The highest BCUT2D eigenvalue weighted by atomic mass is 19.1. The minimum atomic E-state index is -0.834. The number of nitrogens with one attached hydrogen (secondary N) is 1. The van der Waals surface area contributed by atoms with Gasteiger partial charge in [0.25, 0.3) is 0 Å². The number of nitrogens with two attached hydrogens (primary N) is 1. The average molecular weight is 362 g/mol. The van der Waals surface area contributed by atoms with Crippen molar-refractivity contribution in [2.24, 2.45) is 0 Å². The molecule has 0 saturated heterocycles. The van der Waals surface area contributed by atoms with Gasteiger partial charge in [0.1, 0.15) is 17.8 Å². The van der Waals surface area contributed by atoms with E-state index in [0.29, 0.717) is 17.0 Å². The number of hydrogen-bond acceptors (Lipinski definition) is 4. The average Bonchev–Trinajstić information content (AvgIpc) is 3.28. The highest BCUT2D eigenvalue weighted by Gasteiger charge is 2.18. The van der Waals surface area contributed by atoms with Gasteiger partial charge in [-0.3, -0.25) is 4.98 Å². The van der Waals surface area contributed by atoms with Crippen LogP contribution in [0.3, 0.4) is 0 Å². The standard InChI is InChI=1S/C19H12F2N6/c20-10-5-6-11(22)17(21)16(10)14-8-27-9-24-18(15(27)7-23-14)19-25-12-3-1-2-4-13(12)26-19/h1-9H,22H2,(H,25,26). The first-order chi connectivity index (χ1) is 13.1. The third kappa shape index (κ3) is 2.34. The molecular formula is C19H12F2N6. The monoisotopic (exact) mass is 362 g/mol. The predicted octanol–water partition coefficient (Wildman–Crippen LogP) is 3.80. The molecule has 0 aliphatic rings. The lowest BCUT2D eigenvalue weighted by Gasteiger charge is -2.07. The first-order valence-electron chi connectivity index (χ1n) is 8.13. The smallest absolute Gasteiger partial charge is 0.159 e. The van der Waals surface area contributed by atoms with E-state index in [4.69, 9.17) is 5.73 Å². The zero-order valence-electron chi connectivity index (χ0n) is 13.8. The maximum absolute atomic E-state index is 14.3. The van der Waals surface area contributed by atoms with Gasteiger partial charge in [0.15, 0.2) is 11.6 Å². The zero-order valence-corrected chi connectivity index (χ0v) is 13.8. The maximum atomic E-state index is 14.3. The lowest BCUT2D eigenvalue weighted by atomic mass is 10.1. The quantitative estimate of drug-likeness (QED) is 0.468. The van der Waals surface area contributed by atoms with Crippen LogP contribution in [0.2, 0.25) is 0 Å². The largest absolute Gasteiger partial charge is 0.396 e. The van der Waals surface area contributed by atoms with E-state index in [9.17, 15) is 8.78 Å². The van der Waals surface area contributed by atoms with Crippen molar-refractivity contribution >= 4 is 22.2 Å². The highest BCUT2D eigenvalue weighted by molar-refractivity contribution is 5.82. The third-order valence-corrected chi connectivity index (χ3v) is 4.41. The molecule has 3 heterocycles. The fourth-order valence-corrected chi connectivity index (χ4v) is 3.08. The lowest BCUT2D eigenvalue weighted by molar-refractivity contribution is 0.591. The van der Waals surface area contributed by atoms with E-state index in [1.165, 1.54) is 18.5 Å². The Kier molecular flexibility index (Phi) is 3.20. The van der Waals surface area contributed by atoms with E-state index in [0.717, 1.165) is 17.1 Å². The fraction of sp³-hybridized carbons (Fsp3) is 0. The van der Waals surface area contributed by atoms with Crippen molar-refractivity contribution in [1.82, 2.24) is 24.3 Å². The molecule has 0 bridgehead atoms.